The lowest BCUT2D eigenvalue weighted by molar-refractivity contribution is -0.123. The largest absolute Gasteiger partial charge is 0.351 e. The fraction of sp³-hybridized carbons (Fsp3) is 0.700. The van der Waals surface area contributed by atoms with E-state index in [1.807, 2.05) is 33.8 Å². The highest BCUT2D eigenvalue weighted by Crippen LogP contribution is 1.97. The predicted octanol–water partition coefficient (Wildman–Crippen LogP) is 1.05. The molecule has 3 nitrogen and oxygen atoms in total. The maximum Gasteiger partial charge on any atom is 0.237 e. The number of hydrogen-bond donors (Lipinski definition) is 2. The van der Waals surface area contributed by atoms with Crippen LogP contribution >= 0.6 is 0 Å². The second kappa shape index (κ2) is 5.75. The Morgan fingerprint density at radius 1 is 1.46 bits per heavy atom. The Hall–Kier alpha value is -0.830. The normalized spacial score (nSPS) is 12.5. The van der Waals surface area contributed by atoms with Gasteiger partial charge in [0.2, 0.25) is 5.91 Å². The Bertz CT molecular complexity index is 193. The molecule has 0 fully saturated rings. The minimum atomic E-state index is -0.398. The molecule has 0 radical (unpaired) electrons. The summed E-state index contributed by atoms with van der Waals surface area (Å²) in [6, 6.07) is -0.398. The van der Waals surface area contributed by atoms with Crippen molar-refractivity contribution in [2.75, 3.05) is 6.54 Å². The third kappa shape index (κ3) is 5.42. The molecule has 3 N–H and O–H groups in total. The van der Waals surface area contributed by atoms with Crippen molar-refractivity contribution in [2.24, 2.45) is 11.7 Å². The lowest BCUT2D eigenvalue weighted by Crippen LogP contribution is -2.43. The Kier molecular flexibility index (Phi) is 5.39. The third-order valence-corrected chi connectivity index (χ3v) is 1.81. The fourth-order valence-electron chi connectivity index (χ4n) is 0.776. The molecule has 0 bridgehead atoms. The Morgan fingerprint density at radius 2 is 2.00 bits per heavy atom. The molecule has 0 aromatic heterocycles. The van der Waals surface area contributed by atoms with E-state index in [0.717, 1.165) is 0 Å². The Labute approximate surface area is 80.4 Å². The maximum atomic E-state index is 11.3. The number of hydrogen-bond acceptors (Lipinski definition) is 2. The smallest absolute Gasteiger partial charge is 0.237 e. The molecule has 0 heterocycles. The first-order chi connectivity index (χ1) is 5.95. The van der Waals surface area contributed by atoms with Crippen LogP contribution in [0.15, 0.2) is 11.6 Å². The highest BCUT2D eigenvalue weighted by atomic mass is 16.2. The molecule has 1 atom stereocenters. The monoisotopic (exact) mass is 184 g/mol. The summed E-state index contributed by atoms with van der Waals surface area (Å²) in [5, 5.41) is 2.75. The molecule has 0 unspecified atom stereocenters. The molecule has 13 heavy (non-hydrogen) atoms. The van der Waals surface area contributed by atoms with Crippen LogP contribution in [0.3, 0.4) is 0 Å². The van der Waals surface area contributed by atoms with Crippen LogP contribution in [-0.2, 0) is 4.79 Å². The van der Waals surface area contributed by atoms with Crippen molar-refractivity contribution >= 4 is 5.91 Å². The average molecular weight is 184 g/mol. The van der Waals surface area contributed by atoms with E-state index in [1.165, 1.54) is 5.57 Å². The van der Waals surface area contributed by atoms with Gasteiger partial charge in [0.05, 0.1) is 6.04 Å². The molecular weight excluding hydrogens is 164 g/mol. The van der Waals surface area contributed by atoms with Gasteiger partial charge in [-0.1, -0.05) is 25.5 Å². The Balaban J connectivity index is 3.82. The summed E-state index contributed by atoms with van der Waals surface area (Å²) < 4.78 is 0. The van der Waals surface area contributed by atoms with Crippen LogP contribution in [0.1, 0.15) is 27.7 Å². The van der Waals surface area contributed by atoms with Crippen LogP contribution in [0.4, 0.5) is 0 Å². The highest BCUT2D eigenvalue weighted by molar-refractivity contribution is 5.81. The average Bonchev–Trinajstić information content (AvgIpc) is 2.02. The van der Waals surface area contributed by atoms with Crippen molar-refractivity contribution in [2.45, 2.75) is 33.7 Å². The van der Waals surface area contributed by atoms with E-state index in [1.54, 1.807) is 0 Å². The zero-order valence-electron chi connectivity index (χ0n) is 8.92. The molecule has 76 valence electrons. The van der Waals surface area contributed by atoms with E-state index < -0.39 is 6.04 Å². The molecule has 0 saturated carbocycles. The summed E-state index contributed by atoms with van der Waals surface area (Å²) in [5.74, 6) is 0.110. The zero-order chi connectivity index (χ0) is 10.4. The lowest BCUT2D eigenvalue weighted by Gasteiger charge is -2.14. The van der Waals surface area contributed by atoms with Gasteiger partial charge in [-0.05, 0) is 19.8 Å². The van der Waals surface area contributed by atoms with Gasteiger partial charge >= 0.3 is 0 Å². The summed E-state index contributed by atoms with van der Waals surface area (Å²) in [4.78, 5) is 11.3. The van der Waals surface area contributed by atoms with Crippen LogP contribution in [-0.4, -0.2) is 18.5 Å². The second-order valence-corrected chi connectivity index (χ2v) is 3.80. The van der Waals surface area contributed by atoms with Crippen LogP contribution in [0.5, 0.6) is 0 Å². The van der Waals surface area contributed by atoms with Crippen molar-refractivity contribution in [3.05, 3.63) is 11.6 Å². The van der Waals surface area contributed by atoms with E-state index in [2.05, 4.69) is 5.32 Å². The number of nitrogens with one attached hydrogen (secondary N) is 1. The van der Waals surface area contributed by atoms with Crippen molar-refractivity contribution in [1.29, 1.82) is 0 Å². The first-order valence-electron chi connectivity index (χ1n) is 4.61. The molecule has 3 heteroatoms. The quantitative estimate of drug-likeness (QED) is 0.642. The van der Waals surface area contributed by atoms with Crippen LogP contribution in [0, 0.1) is 5.92 Å². The van der Waals surface area contributed by atoms with Gasteiger partial charge in [0.15, 0.2) is 0 Å². The van der Waals surface area contributed by atoms with E-state index in [0.29, 0.717) is 6.54 Å². The number of carbonyl (C=O) groups is 1. The van der Waals surface area contributed by atoms with Crippen LogP contribution in [0.2, 0.25) is 0 Å². The van der Waals surface area contributed by atoms with Gasteiger partial charge in [-0.3, -0.25) is 4.79 Å². The van der Waals surface area contributed by atoms with Crippen molar-refractivity contribution in [1.82, 2.24) is 5.32 Å². The first-order valence-corrected chi connectivity index (χ1v) is 4.61. The molecule has 0 saturated heterocycles. The van der Waals surface area contributed by atoms with E-state index in [-0.39, 0.29) is 11.8 Å². The van der Waals surface area contributed by atoms with Gasteiger partial charge in [0, 0.05) is 6.54 Å². The summed E-state index contributed by atoms with van der Waals surface area (Å²) >= 11 is 0. The molecule has 0 aromatic carbocycles. The molecule has 1 amide bonds. The fourth-order valence-corrected chi connectivity index (χ4v) is 0.776. The van der Waals surface area contributed by atoms with Crippen molar-refractivity contribution < 1.29 is 4.79 Å². The summed E-state index contributed by atoms with van der Waals surface area (Å²) in [6.07, 6.45) is 1.96. The third-order valence-electron chi connectivity index (χ3n) is 1.81. The van der Waals surface area contributed by atoms with Crippen LogP contribution in [0.25, 0.3) is 0 Å². The number of allylic oxidation sites excluding steroid dienone is 1. The lowest BCUT2D eigenvalue weighted by atomic mass is 10.1. The number of carbonyl (C=O) groups excluding carboxylic acids is 1. The SMILES string of the molecule is CC(C)=CCNC(=O)[C@H](N)C(C)C. The van der Waals surface area contributed by atoms with E-state index >= 15 is 0 Å². The molecule has 0 aromatic rings. The summed E-state index contributed by atoms with van der Waals surface area (Å²) in [5.41, 5.74) is 6.84. The number of amides is 1. The topological polar surface area (TPSA) is 55.1 Å². The second-order valence-electron chi connectivity index (χ2n) is 3.80. The van der Waals surface area contributed by atoms with Crippen LogP contribution < -0.4 is 11.1 Å². The zero-order valence-corrected chi connectivity index (χ0v) is 8.92. The van der Waals surface area contributed by atoms with Gasteiger partial charge < -0.3 is 11.1 Å². The molecule has 0 aliphatic rings. The maximum absolute atomic E-state index is 11.3. The van der Waals surface area contributed by atoms with Gasteiger partial charge in [-0.25, -0.2) is 0 Å². The van der Waals surface area contributed by atoms with Gasteiger partial charge in [-0.15, -0.1) is 0 Å². The minimum absolute atomic E-state index is 0.0764. The minimum Gasteiger partial charge on any atom is -0.351 e. The number of rotatable bonds is 4. The predicted molar refractivity (Wildman–Crippen MR) is 55.3 cm³/mol. The van der Waals surface area contributed by atoms with Gasteiger partial charge in [0.25, 0.3) is 0 Å². The van der Waals surface area contributed by atoms with E-state index in [9.17, 15) is 4.79 Å². The highest BCUT2D eigenvalue weighted by Gasteiger charge is 2.15. The van der Waals surface area contributed by atoms with Crippen molar-refractivity contribution in [3.8, 4) is 0 Å². The molecular formula is C10H20N2O. The first kappa shape index (κ1) is 12.2. The Morgan fingerprint density at radius 3 is 2.38 bits per heavy atom. The van der Waals surface area contributed by atoms with E-state index in [4.69, 9.17) is 5.73 Å². The van der Waals surface area contributed by atoms with Crippen molar-refractivity contribution in [3.63, 3.8) is 0 Å². The molecule has 0 aliphatic heterocycles. The van der Waals surface area contributed by atoms with Gasteiger partial charge in [-0.2, -0.15) is 0 Å². The van der Waals surface area contributed by atoms with Gasteiger partial charge in [0.1, 0.15) is 0 Å². The number of nitrogens with two attached hydrogens (primary N) is 1. The standard InChI is InChI=1S/C10H20N2O/c1-7(2)5-6-12-10(13)9(11)8(3)4/h5,8-9H,6,11H2,1-4H3,(H,12,13)/t9-/m1/s1. The summed E-state index contributed by atoms with van der Waals surface area (Å²) in [6.45, 7) is 8.43. The molecule has 0 aliphatic carbocycles. The molecule has 0 spiro atoms. The summed E-state index contributed by atoms with van der Waals surface area (Å²) in [7, 11) is 0. The molecule has 0 rings (SSSR count).